The minimum absolute atomic E-state index is 0.107. The molecule has 15 heavy (non-hydrogen) atoms. The smallest absolute Gasteiger partial charge is 0.234 e. The fourth-order valence-electron chi connectivity index (χ4n) is 2.26. The first-order valence-electron chi connectivity index (χ1n) is 5.66. The molecule has 1 atom stereocenters. The van der Waals surface area contributed by atoms with Gasteiger partial charge in [0.25, 0.3) is 0 Å². The van der Waals surface area contributed by atoms with Crippen LogP contribution in [-0.2, 0) is 4.79 Å². The van der Waals surface area contributed by atoms with Gasteiger partial charge in [-0.05, 0) is 6.92 Å². The molecule has 1 unspecified atom stereocenters. The Labute approximate surface area is 90.6 Å². The van der Waals surface area contributed by atoms with E-state index in [4.69, 9.17) is 5.73 Å². The van der Waals surface area contributed by atoms with Crippen molar-refractivity contribution < 1.29 is 4.79 Å². The van der Waals surface area contributed by atoms with Crippen LogP contribution in [0.2, 0.25) is 0 Å². The van der Waals surface area contributed by atoms with Crippen molar-refractivity contribution in [1.29, 1.82) is 0 Å². The number of hydrogen-bond donors (Lipinski definition) is 2. The molecule has 0 saturated carbocycles. The van der Waals surface area contributed by atoms with Crippen LogP contribution in [0.1, 0.15) is 6.92 Å². The van der Waals surface area contributed by atoms with Crippen molar-refractivity contribution in [2.75, 3.05) is 39.3 Å². The summed E-state index contributed by atoms with van der Waals surface area (Å²) in [6.07, 6.45) is 0. The third-order valence-electron chi connectivity index (χ3n) is 3.52. The third-order valence-corrected chi connectivity index (χ3v) is 3.52. The van der Waals surface area contributed by atoms with Crippen molar-refractivity contribution in [3.63, 3.8) is 0 Å². The number of rotatable bonds is 3. The van der Waals surface area contributed by atoms with Gasteiger partial charge in [-0.25, -0.2) is 0 Å². The summed E-state index contributed by atoms with van der Waals surface area (Å²) < 4.78 is 0. The van der Waals surface area contributed by atoms with Crippen LogP contribution in [-0.4, -0.2) is 67.1 Å². The van der Waals surface area contributed by atoms with Gasteiger partial charge in [0.2, 0.25) is 5.91 Å². The van der Waals surface area contributed by atoms with Crippen LogP contribution in [0.25, 0.3) is 0 Å². The molecule has 0 spiro atoms. The summed E-state index contributed by atoms with van der Waals surface area (Å²) in [5.41, 5.74) is 5.27. The molecule has 86 valence electrons. The van der Waals surface area contributed by atoms with Gasteiger partial charge in [-0.15, -0.1) is 0 Å². The van der Waals surface area contributed by atoms with Crippen molar-refractivity contribution >= 4 is 5.91 Å². The summed E-state index contributed by atoms with van der Waals surface area (Å²) in [4.78, 5) is 15.6. The van der Waals surface area contributed by atoms with Gasteiger partial charge in [0.1, 0.15) is 0 Å². The molecule has 5 heteroatoms. The third kappa shape index (κ3) is 2.30. The van der Waals surface area contributed by atoms with Gasteiger partial charge >= 0.3 is 0 Å². The fourth-order valence-corrected chi connectivity index (χ4v) is 2.26. The highest BCUT2D eigenvalue weighted by molar-refractivity contribution is 5.79. The molecule has 1 amide bonds. The molecule has 2 saturated heterocycles. The predicted molar refractivity (Wildman–Crippen MR) is 58.5 cm³/mol. The molecule has 0 aromatic heterocycles. The summed E-state index contributed by atoms with van der Waals surface area (Å²) in [5, 5.41) is 3.34. The van der Waals surface area contributed by atoms with E-state index >= 15 is 0 Å². The number of likely N-dealkylation sites (tertiary alicyclic amines) is 1. The normalized spacial score (nSPS) is 27.3. The second-order valence-electron chi connectivity index (χ2n) is 4.47. The molecule has 0 radical (unpaired) electrons. The first kappa shape index (κ1) is 10.9. The van der Waals surface area contributed by atoms with Crippen LogP contribution in [0.4, 0.5) is 0 Å². The molecule has 3 N–H and O–H groups in total. The van der Waals surface area contributed by atoms with Gasteiger partial charge < -0.3 is 11.1 Å². The Hall–Kier alpha value is -0.650. The molecule has 0 bridgehead atoms. The van der Waals surface area contributed by atoms with Crippen LogP contribution >= 0.6 is 0 Å². The number of amides is 1. The van der Waals surface area contributed by atoms with Crippen LogP contribution in [0.3, 0.4) is 0 Å². The maximum Gasteiger partial charge on any atom is 0.234 e. The fraction of sp³-hybridized carbons (Fsp3) is 0.900. The quantitative estimate of drug-likeness (QED) is 0.594. The van der Waals surface area contributed by atoms with Gasteiger partial charge in [0, 0.05) is 45.3 Å². The summed E-state index contributed by atoms with van der Waals surface area (Å²) in [6, 6.07) is 0.526. The molecule has 0 aromatic rings. The molecule has 2 aliphatic heterocycles. The van der Waals surface area contributed by atoms with Gasteiger partial charge in [0.05, 0.1) is 6.04 Å². The Morgan fingerprint density at radius 1 is 1.40 bits per heavy atom. The van der Waals surface area contributed by atoms with Crippen molar-refractivity contribution in [3.05, 3.63) is 0 Å². The molecule has 0 aromatic carbocycles. The van der Waals surface area contributed by atoms with Crippen molar-refractivity contribution in [1.82, 2.24) is 15.1 Å². The van der Waals surface area contributed by atoms with Crippen LogP contribution in [0.15, 0.2) is 0 Å². The lowest BCUT2D eigenvalue weighted by Crippen LogP contribution is -2.65. The summed E-state index contributed by atoms with van der Waals surface area (Å²) in [5.74, 6) is -0.214. The predicted octanol–water partition coefficient (Wildman–Crippen LogP) is -1.55. The van der Waals surface area contributed by atoms with E-state index < -0.39 is 0 Å². The molecule has 0 aliphatic carbocycles. The first-order chi connectivity index (χ1) is 7.18. The Morgan fingerprint density at radius 2 is 2.00 bits per heavy atom. The number of primary amides is 1. The molecule has 2 fully saturated rings. The molecule has 5 nitrogen and oxygen atoms in total. The average Bonchev–Trinajstić information content (AvgIpc) is 2.17. The highest BCUT2D eigenvalue weighted by atomic mass is 16.1. The number of hydrogen-bond acceptors (Lipinski definition) is 4. The number of nitrogens with one attached hydrogen (secondary N) is 1. The van der Waals surface area contributed by atoms with E-state index in [-0.39, 0.29) is 11.9 Å². The lowest BCUT2D eigenvalue weighted by atomic mass is 10.0. The minimum Gasteiger partial charge on any atom is -0.368 e. The number of nitrogens with two attached hydrogens (primary N) is 1. The van der Waals surface area contributed by atoms with Crippen molar-refractivity contribution in [2.24, 2.45) is 5.73 Å². The number of piperazine rings is 1. The number of carbonyl (C=O) groups excluding carboxylic acids is 1. The standard InChI is InChI=1S/C10H20N4O/c1-8(10(11)15)14-6-9(7-14)13-4-2-12-3-5-13/h8-9,12H,2-7H2,1H3,(H2,11,15). The van der Waals surface area contributed by atoms with Crippen molar-refractivity contribution in [3.8, 4) is 0 Å². The first-order valence-corrected chi connectivity index (χ1v) is 5.66. The molecule has 2 heterocycles. The van der Waals surface area contributed by atoms with E-state index in [9.17, 15) is 4.79 Å². The number of carbonyl (C=O) groups is 1. The van der Waals surface area contributed by atoms with E-state index in [0.717, 1.165) is 39.3 Å². The number of nitrogens with zero attached hydrogens (tertiary/aromatic N) is 2. The van der Waals surface area contributed by atoms with Gasteiger partial charge in [0.15, 0.2) is 0 Å². The maximum atomic E-state index is 11.0. The SMILES string of the molecule is CC(C(N)=O)N1CC(N2CCNCC2)C1. The second kappa shape index (κ2) is 4.47. The maximum absolute atomic E-state index is 11.0. The summed E-state index contributed by atoms with van der Waals surface area (Å²) in [6.45, 7) is 8.29. The Bertz CT molecular complexity index is 234. The lowest BCUT2D eigenvalue weighted by Gasteiger charge is -2.48. The van der Waals surface area contributed by atoms with E-state index in [2.05, 4.69) is 15.1 Å². The topological polar surface area (TPSA) is 61.6 Å². The lowest BCUT2D eigenvalue weighted by molar-refractivity contribution is -0.125. The Balaban J connectivity index is 1.75. The van der Waals surface area contributed by atoms with Crippen molar-refractivity contribution in [2.45, 2.75) is 19.0 Å². The zero-order valence-electron chi connectivity index (χ0n) is 9.28. The van der Waals surface area contributed by atoms with Crippen LogP contribution < -0.4 is 11.1 Å². The van der Waals surface area contributed by atoms with Gasteiger partial charge in [-0.2, -0.15) is 0 Å². The summed E-state index contributed by atoms with van der Waals surface area (Å²) in [7, 11) is 0. The van der Waals surface area contributed by atoms with E-state index in [1.165, 1.54) is 0 Å². The van der Waals surface area contributed by atoms with Crippen LogP contribution in [0.5, 0.6) is 0 Å². The average molecular weight is 212 g/mol. The second-order valence-corrected chi connectivity index (χ2v) is 4.47. The zero-order chi connectivity index (χ0) is 10.8. The largest absolute Gasteiger partial charge is 0.368 e. The zero-order valence-corrected chi connectivity index (χ0v) is 9.28. The molecular formula is C10H20N4O. The van der Waals surface area contributed by atoms with E-state index in [1.54, 1.807) is 0 Å². The van der Waals surface area contributed by atoms with Crippen LogP contribution in [0, 0.1) is 0 Å². The highest BCUT2D eigenvalue weighted by Crippen LogP contribution is 2.17. The van der Waals surface area contributed by atoms with E-state index in [1.807, 2.05) is 6.92 Å². The molecule has 2 aliphatic rings. The Morgan fingerprint density at radius 3 is 2.53 bits per heavy atom. The summed E-state index contributed by atoms with van der Waals surface area (Å²) >= 11 is 0. The minimum atomic E-state index is -0.214. The van der Waals surface area contributed by atoms with Gasteiger partial charge in [-0.3, -0.25) is 14.6 Å². The Kier molecular flexibility index (Phi) is 3.23. The van der Waals surface area contributed by atoms with E-state index in [0.29, 0.717) is 6.04 Å². The molecular weight excluding hydrogens is 192 g/mol. The van der Waals surface area contributed by atoms with Gasteiger partial charge in [-0.1, -0.05) is 0 Å². The molecule has 2 rings (SSSR count). The highest BCUT2D eigenvalue weighted by Gasteiger charge is 2.36. The monoisotopic (exact) mass is 212 g/mol.